The molecule has 0 aliphatic rings. The summed E-state index contributed by atoms with van der Waals surface area (Å²) in [6, 6.07) is 10.6. The fraction of sp³-hybridized carbons (Fsp3) is 0.641. The highest BCUT2D eigenvalue weighted by Crippen LogP contribution is 2.33. The number of benzene rings is 1. The largest absolute Gasteiger partial charge is 0.392 e. The molecule has 53 heavy (non-hydrogen) atoms. The van der Waals surface area contributed by atoms with Crippen LogP contribution in [0, 0.1) is 23.2 Å². The summed E-state index contributed by atoms with van der Waals surface area (Å²) in [5, 5.41) is 28.4. The number of ether oxygens (including phenoxy) is 2. The summed E-state index contributed by atoms with van der Waals surface area (Å²) in [6.45, 7) is 7.80. The van der Waals surface area contributed by atoms with Gasteiger partial charge in [0.25, 0.3) is 0 Å². The minimum Gasteiger partial charge on any atom is -0.392 e. The van der Waals surface area contributed by atoms with Gasteiger partial charge in [0, 0.05) is 37.6 Å². The van der Waals surface area contributed by atoms with Crippen LogP contribution in [0.1, 0.15) is 126 Å². The molecule has 14 heteroatoms. The van der Waals surface area contributed by atoms with E-state index in [2.05, 4.69) is 23.6 Å². The van der Waals surface area contributed by atoms with E-state index in [1.165, 1.54) is 89.8 Å². The van der Waals surface area contributed by atoms with Gasteiger partial charge in [0.2, 0.25) is 0 Å². The van der Waals surface area contributed by atoms with Crippen LogP contribution in [0.25, 0.3) is 5.52 Å². The zero-order valence-electron chi connectivity index (χ0n) is 31.8. The summed E-state index contributed by atoms with van der Waals surface area (Å²) in [7, 11) is -0.291. The summed E-state index contributed by atoms with van der Waals surface area (Å²) in [6.07, 6.45) is 22.5. The minimum atomic E-state index is -1.93. The number of rotatable bonds is 28. The van der Waals surface area contributed by atoms with Crippen molar-refractivity contribution in [1.82, 2.24) is 14.6 Å². The van der Waals surface area contributed by atoms with E-state index in [-0.39, 0.29) is 19.3 Å². The van der Waals surface area contributed by atoms with Crippen molar-refractivity contribution < 1.29 is 28.5 Å². The third kappa shape index (κ3) is 22.8. The Kier molecular flexibility index (Phi) is 29.5. The van der Waals surface area contributed by atoms with Crippen molar-refractivity contribution in [3.63, 3.8) is 0 Å². The van der Waals surface area contributed by atoms with Gasteiger partial charge >= 0.3 is 8.60 Å². The molecule has 3 rings (SSSR count). The summed E-state index contributed by atoms with van der Waals surface area (Å²) >= 11 is 5.65. The number of nitrogens with two attached hydrogens (primary N) is 1. The summed E-state index contributed by atoms with van der Waals surface area (Å²) in [4.78, 5) is 14.1. The molecule has 0 saturated carbocycles. The van der Waals surface area contributed by atoms with E-state index in [0.29, 0.717) is 41.6 Å². The molecule has 4 N–H and O–H groups in total. The van der Waals surface area contributed by atoms with Crippen LogP contribution in [-0.4, -0.2) is 64.2 Å². The molecule has 2 aromatic heterocycles. The first-order valence-electron chi connectivity index (χ1n) is 18.9. The van der Waals surface area contributed by atoms with Crippen molar-refractivity contribution in [3.05, 3.63) is 58.5 Å². The Labute approximate surface area is 323 Å². The second kappa shape index (κ2) is 32.5. The first-order chi connectivity index (χ1) is 25.9. The third-order valence-corrected chi connectivity index (χ3v) is 9.52. The normalized spacial score (nSPS) is 12.0. The van der Waals surface area contributed by atoms with Crippen LogP contribution < -0.4 is 5.73 Å². The highest BCUT2D eigenvalue weighted by atomic mass is 35.5. The number of halogens is 1. The van der Waals surface area contributed by atoms with E-state index in [0.717, 1.165) is 37.1 Å². The Morgan fingerprint density at radius 3 is 2.13 bits per heavy atom. The predicted octanol–water partition coefficient (Wildman–Crippen LogP) is 9.24. The minimum absolute atomic E-state index is 0.0881. The van der Waals surface area contributed by atoms with E-state index >= 15 is 0 Å². The maximum Gasteiger partial charge on any atom is 0.329 e. The molecule has 1 aromatic carbocycles. The van der Waals surface area contributed by atoms with Gasteiger partial charge in [0.05, 0.1) is 37.6 Å². The quantitative estimate of drug-likeness (QED) is 0.0472. The lowest BCUT2D eigenvalue weighted by Gasteiger charge is -2.17. The van der Waals surface area contributed by atoms with Crippen LogP contribution in [0.15, 0.2) is 36.7 Å². The van der Waals surface area contributed by atoms with Crippen molar-refractivity contribution in [1.29, 1.82) is 10.5 Å². The molecule has 0 aliphatic heterocycles. The molecule has 0 spiro atoms. The second-order valence-corrected chi connectivity index (χ2v) is 14.1. The van der Waals surface area contributed by atoms with E-state index in [4.69, 9.17) is 51.5 Å². The molecule has 12 nitrogen and oxygen atoms in total. The number of aliphatic hydroxyl groups is 1. The number of nitriles is 2. The highest BCUT2D eigenvalue weighted by molar-refractivity contribution is 7.40. The van der Waals surface area contributed by atoms with Crippen LogP contribution in [-0.2, 0) is 31.5 Å². The zero-order chi connectivity index (χ0) is 38.9. The fourth-order valence-corrected chi connectivity index (χ4v) is 6.48. The molecule has 3 aromatic rings. The molecular formula is C39H62ClN6O6P. The lowest BCUT2D eigenvalue weighted by molar-refractivity contribution is 0.0429. The summed E-state index contributed by atoms with van der Waals surface area (Å²) in [5.41, 5.74) is 8.84. The lowest BCUT2D eigenvalue weighted by atomic mass is 10.0. The Bertz CT molecular complexity index is 1410. The van der Waals surface area contributed by atoms with Crippen LogP contribution >= 0.6 is 20.2 Å². The van der Waals surface area contributed by atoms with Gasteiger partial charge in [-0.1, -0.05) is 102 Å². The SMILES string of the molecule is C#N.CCCCCCCCCCCCCCCCOCCCOP(O)OCC(CCc1ccc2c(N)ncnn12)OC.N#Cc1cc(Cl)cc(CO)c1. The first kappa shape index (κ1) is 48.1. The van der Waals surface area contributed by atoms with Crippen molar-refractivity contribution in [2.45, 2.75) is 129 Å². The molecule has 0 bridgehead atoms. The number of nitrogen functional groups attached to an aromatic ring is 1. The Morgan fingerprint density at radius 1 is 0.906 bits per heavy atom. The van der Waals surface area contributed by atoms with Gasteiger partial charge in [-0.2, -0.15) is 10.4 Å². The van der Waals surface area contributed by atoms with Gasteiger partial charge in [0.15, 0.2) is 5.82 Å². The molecule has 0 aliphatic carbocycles. The number of methoxy groups -OCH3 is 1. The predicted molar refractivity (Wildman–Crippen MR) is 212 cm³/mol. The lowest BCUT2D eigenvalue weighted by Crippen LogP contribution is -2.18. The smallest absolute Gasteiger partial charge is 0.329 e. The van der Waals surface area contributed by atoms with Gasteiger partial charge in [-0.05, 0) is 61.6 Å². The molecule has 0 saturated heterocycles. The molecule has 296 valence electrons. The number of anilines is 1. The van der Waals surface area contributed by atoms with Gasteiger partial charge in [0.1, 0.15) is 11.8 Å². The highest BCUT2D eigenvalue weighted by Gasteiger charge is 2.15. The molecule has 0 radical (unpaired) electrons. The molecule has 0 amide bonds. The molecule has 2 atom stereocenters. The number of hydrogen-bond acceptors (Lipinski definition) is 11. The average Bonchev–Trinajstić information content (AvgIpc) is 3.60. The van der Waals surface area contributed by atoms with Crippen molar-refractivity contribution in [3.8, 4) is 12.6 Å². The van der Waals surface area contributed by atoms with Gasteiger partial charge in [-0.3, -0.25) is 0 Å². The number of unbranched alkanes of at least 4 members (excludes halogenated alkanes) is 13. The maximum absolute atomic E-state index is 10.1. The number of fused-ring (bicyclic) bond motifs is 1. The molecule has 2 unspecified atom stereocenters. The summed E-state index contributed by atoms with van der Waals surface area (Å²) < 4.78 is 23.9. The van der Waals surface area contributed by atoms with Crippen LogP contribution in [0.4, 0.5) is 5.82 Å². The number of aliphatic hydroxyl groups excluding tert-OH is 1. The van der Waals surface area contributed by atoms with E-state index in [1.54, 1.807) is 29.8 Å². The van der Waals surface area contributed by atoms with E-state index < -0.39 is 8.60 Å². The number of aryl methyl sites for hydroxylation is 1. The second-order valence-electron chi connectivity index (χ2n) is 12.7. The van der Waals surface area contributed by atoms with E-state index in [1.807, 2.05) is 18.2 Å². The van der Waals surface area contributed by atoms with Crippen LogP contribution in [0.2, 0.25) is 5.02 Å². The van der Waals surface area contributed by atoms with Crippen molar-refractivity contribution >= 4 is 31.5 Å². The molecule has 2 heterocycles. The molecular weight excluding hydrogens is 715 g/mol. The number of nitrogens with zero attached hydrogens (tertiary/aromatic N) is 5. The average molecular weight is 777 g/mol. The third-order valence-electron chi connectivity index (χ3n) is 8.53. The van der Waals surface area contributed by atoms with E-state index in [9.17, 15) is 4.89 Å². The standard InChI is InChI=1S/C30H55N4O5P.C8H6ClNO.CHN/c1-3-4-5-6-7-8-9-10-11-12-13-14-15-16-22-37-23-17-24-38-40(35)39-25-28(36-2)20-18-27-19-21-29-30(31)32-26-33-34(27)29;9-8-2-6(4-10)1-7(3-8)5-11;1-2/h19,21,26,28,35H,3-18,20,22-25H2,1-2H3,(H2,31,32,33);1-3,11H,5H2;1H. The van der Waals surface area contributed by atoms with Gasteiger partial charge in [-0.25, -0.2) is 14.8 Å². The van der Waals surface area contributed by atoms with Gasteiger partial charge < -0.3 is 34.3 Å². The monoisotopic (exact) mass is 776 g/mol. The number of hydrogen-bond donors (Lipinski definition) is 3. The van der Waals surface area contributed by atoms with Crippen molar-refractivity contribution in [2.24, 2.45) is 0 Å². The first-order valence-corrected chi connectivity index (χ1v) is 20.4. The Morgan fingerprint density at radius 2 is 1.53 bits per heavy atom. The Hall–Kier alpha value is -2.90. The van der Waals surface area contributed by atoms with Crippen LogP contribution in [0.5, 0.6) is 0 Å². The van der Waals surface area contributed by atoms with Crippen molar-refractivity contribution in [2.75, 3.05) is 39.3 Å². The van der Waals surface area contributed by atoms with Gasteiger partial charge in [-0.15, -0.1) is 0 Å². The number of aromatic nitrogens is 3. The summed E-state index contributed by atoms with van der Waals surface area (Å²) in [5.74, 6) is 0.455. The van der Waals surface area contributed by atoms with Crippen LogP contribution in [0.3, 0.4) is 0 Å². The topological polar surface area (TPSA) is 181 Å². The maximum atomic E-state index is 10.1. The Balaban J connectivity index is 0.000000910. The zero-order valence-corrected chi connectivity index (χ0v) is 33.5. The fourth-order valence-electron chi connectivity index (χ4n) is 5.57. The molecule has 0 fully saturated rings.